The van der Waals surface area contributed by atoms with Crippen LogP contribution >= 0.6 is 11.8 Å². The van der Waals surface area contributed by atoms with Crippen LogP contribution in [-0.2, 0) is 13.1 Å². The van der Waals surface area contributed by atoms with Gasteiger partial charge in [0.25, 0.3) is 0 Å². The number of anilines is 1. The van der Waals surface area contributed by atoms with Crippen LogP contribution < -0.4 is 5.32 Å². The van der Waals surface area contributed by atoms with Crippen LogP contribution in [0.15, 0.2) is 41.7 Å². The third kappa shape index (κ3) is 2.94. The second-order valence-corrected chi connectivity index (χ2v) is 6.71. The number of aryl methyl sites for hydroxylation is 2. The zero-order valence-corrected chi connectivity index (χ0v) is 14.0. The minimum atomic E-state index is 0.177. The van der Waals surface area contributed by atoms with E-state index in [9.17, 15) is 5.11 Å². The number of aromatic nitrogens is 4. The second-order valence-electron chi connectivity index (χ2n) is 5.65. The molecule has 2 aromatic heterocycles. The van der Waals surface area contributed by atoms with Crippen LogP contribution in [0.25, 0.3) is 11.4 Å². The van der Waals surface area contributed by atoms with Gasteiger partial charge in [-0.2, -0.15) is 0 Å². The van der Waals surface area contributed by atoms with Gasteiger partial charge in [0, 0.05) is 30.3 Å². The lowest BCUT2D eigenvalue weighted by Crippen LogP contribution is -2.04. The van der Waals surface area contributed by atoms with E-state index in [1.54, 1.807) is 23.9 Å². The number of benzene rings is 1. The standard InChI is InChI=1S/C17H17N5OS/c1-11-8-15(18-9-12-10-22-6-7-24-17(22)20-12)21-16(19-11)13-4-2-3-5-14(13)23/h2-5,8,10,23H,6-7,9H2,1H3,(H,18,19,21). The molecule has 0 unspecified atom stereocenters. The van der Waals surface area contributed by atoms with Gasteiger partial charge in [0.15, 0.2) is 11.0 Å². The number of thioether (sulfide) groups is 1. The van der Waals surface area contributed by atoms with Crippen molar-refractivity contribution >= 4 is 17.6 Å². The highest BCUT2D eigenvalue weighted by atomic mass is 32.2. The van der Waals surface area contributed by atoms with Gasteiger partial charge >= 0.3 is 0 Å². The molecule has 7 heteroatoms. The molecule has 122 valence electrons. The molecule has 0 radical (unpaired) electrons. The number of nitrogens with one attached hydrogen (secondary N) is 1. The molecular weight excluding hydrogens is 322 g/mol. The number of para-hydroxylation sites is 1. The van der Waals surface area contributed by atoms with E-state index >= 15 is 0 Å². The first-order valence-electron chi connectivity index (χ1n) is 7.76. The summed E-state index contributed by atoms with van der Waals surface area (Å²) in [6.07, 6.45) is 2.08. The molecule has 1 aromatic carbocycles. The summed E-state index contributed by atoms with van der Waals surface area (Å²) in [5, 5.41) is 14.4. The number of aromatic hydroxyl groups is 1. The van der Waals surface area contributed by atoms with Gasteiger partial charge in [-0.3, -0.25) is 0 Å². The van der Waals surface area contributed by atoms with E-state index in [0.717, 1.165) is 34.7 Å². The van der Waals surface area contributed by atoms with Gasteiger partial charge in [-0.05, 0) is 19.1 Å². The normalized spacial score (nSPS) is 13.0. The minimum Gasteiger partial charge on any atom is -0.507 e. The molecule has 2 N–H and O–H groups in total. The highest BCUT2D eigenvalue weighted by Gasteiger charge is 2.14. The molecule has 0 aliphatic carbocycles. The topological polar surface area (TPSA) is 75.9 Å². The first kappa shape index (κ1) is 15.0. The summed E-state index contributed by atoms with van der Waals surface area (Å²) in [5.41, 5.74) is 2.47. The zero-order valence-electron chi connectivity index (χ0n) is 13.2. The summed E-state index contributed by atoms with van der Waals surface area (Å²) in [6.45, 7) is 3.55. The molecule has 0 saturated carbocycles. The van der Waals surface area contributed by atoms with Gasteiger partial charge in [-0.25, -0.2) is 15.0 Å². The molecule has 6 nitrogen and oxygen atoms in total. The Morgan fingerprint density at radius 2 is 2.12 bits per heavy atom. The smallest absolute Gasteiger partial charge is 0.168 e. The van der Waals surface area contributed by atoms with Gasteiger partial charge in [0.1, 0.15) is 11.6 Å². The summed E-state index contributed by atoms with van der Waals surface area (Å²) >= 11 is 1.78. The van der Waals surface area contributed by atoms with Crippen molar-refractivity contribution in [2.45, 2.75) is 25.2 Å². The number of fused-ring (bicyclic) bond motifs is 1. The summed E-state index contributed by atoms with van der Waals surface area (Å²) in [6, 6.07) is 8.98. The number of phenols is 1. The lowest BCUT2D eigenvalue weighted by atomic mass is 10.2. The Hall–Kier alpha value is -2.54. The highest BCUT2D eigenvalue weighted by Crippen LogP contribution is 2.27. The van der Waals surface area contributed by atoms with Gasteiger partial charge < -0.3 is 15.0 Å². The van der Waals surface area contributed by atoms with E-state index in [-0.39, 0.29) is 5.75 Å². The Labute approximate surface area is 144 Å². The molecule has 0 fully saturated rings. The molecule has 3 heterocycles. The van der Waals surface area contributed by atoms with E-state index in [2.05, 4.69) is 31.0 Å². The first-order valence-corrected chi connectivity index (χ1v) is 8.74. The minimum absolute atomic E-state index is 0.177. The van der Waals surface area contributed by atoms with Gasteiger partial charge in [-0.15, -0.1) is 0 Å². The van der Waals surface area contributed by atoms with Crippen molar-refractivity contribution in [3.05, 3.63) is 47.9 Å². The summed E-state index contributed by atoms with van der Waals surface area (Å²) in [7, 11) is 0. The van der Waals surface area contributed by atoms with Crippen LogP contribution in [0, 0.1) is 6.92 Å². The molecule has 0 bridgehead atoms. The number of rotatable bonds is 4. The maximum absolute atomic E-state index is 10.0. The number of nitrogens with zero attached hydrogens (tertiary/aromatic N) is 4. The molecule has 0 amide bonds. The van der Waals surface area contributed by atoms with Crippen molar-refractivity contribution in [1.82, 2.24) is 19.5 Å². The van der Waals surface area contributed by atoms with E-state index < -0.39 is 0 Å². The van der Waals surface area contributed by atoms with Crippen LogP contribution in [0.1, 0.15) is 11.4 Å². The lowest BCUT2D eigenvalue weighted by Gasteiger charge is -2.08. The van der Waals surface area contributed by atoms with Crippen molar-refractivity contribution in [1.29, 1.82) is 0 Å². The Balaban J connectivity index is 1.56. The molecule has 24 heavy (non-hydrogen) atoms. The molecular formula is C17H17N5OS. The lowest BCUT2D eigenvalue weighted by molar-refractivity contribution is 0.477. The summed E-state index contributed by atoms with van der Waals surface area (Å²) < 4.78 is 2.18. The number of hydrogen-bond donors (Lipinski definition) is 2. The van der Waals surface area contributed by atoms with Gasteiger partial charge in [0.2, 0.25) is 0 Å². The molecule has 4 rings (SSSR count). The molecule has 0 saturated heterocycles. The Kier molecular flexibility index (Phi) is 3.86. The second kappa shape index (κ2) is 6.16. The molecule has 0 atom stereocenters. The third-order valence-corrected chi connectivity index (χ3v) is 4.77. The number of hydrogen-bond acceptors (Lipinski definition) is 6. The molecule has 0 spiro atoms. The van der Waals surface area contributed by atoms with E-state index in [0.29, 0.717) is 17.9 Å². The van der Waals surface area contributed by atoms with Crippen molar-refractivity contribution in [2.24, 2.45) is 0 Å². The maximum atomic E-state index is 10.0. The Bertz CT molecular complexity index is 871. The fourth-order valence-electron chi connectivity index (χ4n) is 2.67. The number of imidazole rings is 1. The van der Waals surface area contributed by atoms with Gasteiger partial charge in [-0.1, -0.05) is 23.9 Å². The summed E-state index contributed by atoms with van der Waals surface area (Å²) in [4.78, 5) is 13.6. The number of phenolic OH excluding ortho intramolecular Hbond substituents is 1. The zero-order chi connectivity index (χ0) is 16.5. The van der Waals surface area contributed by atoms with E-state index in [4.69, 9.17) is 0 Å². The van der Waals surface area contributed by atoms with E-state index in [1.807, 2.05) is 25.1 Å². The van der Waals surface area contributed by atoms with Crippen LogP contribution in [-0.4, -0.2) is 30.4 Å². The molecule has 1 aliphatic rings. The Morgan fingerprint density at radius 1 is 1.25 bits per heavy atom. The van der Waals surface area contributed by atoms with Crippen molar-refractivity contribution in [3.8, 4) is 17.1 Å². The van der Waals surface area contributed by atoms with E-state index in [1.165, 1.54) is 0 Å². The largest absolute Gasteiger partial charge is 0.507 e. The SMILES string of the molecule is Cc1cc(NCc2cn3c(n2)SCC3)nc(-c2ccccc2O)n1. The highest BCUT2D eigenvalue weighted by molar-refractivity contribution is 7.99. The fourth-order valence-corrected chi connectivity index (χ4v) is 3.63. The maximum Gasteiger partial charge on any atom is 0.168 e. The predicted octanol–water partition coefficient (Wildman–Crippen LogP) is 3.07. The quantitative estimate of drug-likeness (QED) is 0.761. The fraction of sp³-hybridized carbons (Fsp3) is 0.235. The molecule has 1 aliphatic heterocycles. The Morgan fingerprint density at radius 3 is 2.96 bits per heavy atom. The van der Waals surface area contributed by atoms with Crippen LogP contribution in [0.2, 0.25) is 0 Å². The average Bonchev–Trinajstić information content (AvgIpc) is 3.14. The monoisotopic (exact) mass is 339 g/mol. The van der Waals surface area contributed by atoms with Crippen molar-refractivity contribution in [3.63, 3.8) is 0 Å². The third-order valence-electron chi connectivity index (χ3n) is 3.80. The van der Waals surface area contributed by atoms with Crippen molar-refractivity contribution in [2.75, 3.05) is 11.1 Å². The predicted molar refractivity (Wildman–Crippen MR) is 94.1 cm³/mol. The van der Waals surface area contributed by atoms with Crippen molar-refractivity contribution < 1.29 is 5.11 Å². The van der Waals surface area contributed by atoms with Crippen LogP contribution in [0.5, 0.6) is 5.75 Å². The first-order chi connectivity index (χ1) is 11.7. The average molecular weight is 339 g/mol. The molecule has 3 aromatic rings. The van der Waals surface area contributed by atoms with Crippen LogP contribution in [0.3, 0.4) is 0 Å². The summed E-state index contributed by atoms with van der Waals surface area (Å²) in [5.74, 6) is 2.52. The van der Waals surface area contributed by atoms with Crippen LogP contribution in [0.4, 0.5) is 5.82 Å². The van der Waals surface area contributed by atoms with Gasteiger partial charge in [0.05, 0.1) is 17.8 Å².